The van der Waals surface area contributed by atoms with E-state index in [0.717, 1.165) is 31.5 Å². The maximum absolute atomic E-state index is 12.9. The fourth-order valence-electron chi connectivity index (χ4n) is 3.03. The molecule has 1 fully saturated rings. The van der Waals surface area contributed by atoms with Crippen LogP contribution in [0.3, 0.4) is 0 Å². The zero-order valence-corrected chi connectivity index (χ0v) is 14.3. The van der Waals surface area contributed by atoms with Gasteiger partial charge in [-0.1, -0.05) is 36.4 Å². The Hall–Kier alpha value is -2.82. The van der Waals surface area contributed by atoms with Crippen molar-refractivity contribution in [2.24, 2.45) is 0 Å². The van der Waals surface area contributed by atoms with Crippen LogP contribution in [0.15, 0.2) is 54.6 Å². The van der Waals surface area contributed by atoms with Crippen LogP contribution < -0.4 is 10.1 Å². The van der Waals surface area contributed by atoms with Crippen molar-refractivity contribution in [2.45, 2.75) is 18.9 Å². The van der Waals surface area contributed by atoms with E-state index in [1.54, 1.807) is 31.4 Å². The summed E-state index contributed by atoms with van der Waals surface area (Å²) in [5, 5.41) is 2.89. The van der Waals surface area contributed by atoms with Gasteiger partial charge in [0, 0.05) is 18.7 Å². The van der Waals surface area contributed by atoms with Crippen molar-refractivity contribution in [2.75, 3.05) is 20.2 Å². The van der Waals surface area contributed by atoms with Crippen molar-refractivity contribution in [3.8, 4) is 5.75 Å². The topological polar surface area (TPSA) is 58.6 Å². The molecule has 2 aromatic carbocycles. The molecule has 5 nitrogen and oxygen atoms in total. The number of rotatable bonds is 5. The molecular weight excluding hydrogens is 316 g/mol. The lowest BCUT2D eigenvalue weighted by atomic mass is 10.0. The van der Waals surface area contributed by atoms with Crippen LogP contribution in [0.4, 0.5) is 0 Å². The third-order valence-electron chi connectivity index (χ3n) is 4.40. The van der Waals surface area contributed by atoms with E-state index in [9.17, 15) is 9.59 Å². The van der Waals surface area contributed by atoms with Crippen LogP contribution in [0.25, 0.3) is 0 Å². The smallest absolute Gasteiger partial charge is 0.252 e. The molecule has 1 aliphatic rings. The average Bonchev–Trinajstić information content (AvgIpc) is 3.21. The first-order valence-electron chi connectivity index (χ1n) is 8.47. The first-order valence-corrected chi connectivity index (χ1v) is 8.47. The third kappa shape index (κ3) is 3.99. The number of methoxy groups -OCH3 is 1. The third-order valence-corrected chi connectivity index (χ3v) is 4.40. The first kappa shape index (κ1) is 17.0. The van der Waals surface area contributed by atoms with Crippen LogP contribution in [-0.2, 0) is 4.79 Å². The average molecular weight is 338 g/mol. The van der Waals surface area contributed by atoms with Crippen LogP contribution >= 0.6 is 0 Å². The summed E-state index contributed by atoms with van der Waals surface area (Å²) in [6, 6.07) is 15.6. The molecule has 1 saturated heterocycles. The number of carbonyl (C=O) groups excluding carboxylic acids is 2. The van der Waals surface area contributed by atoms with Crippen LogP contribution in [-0.4, -0.2) is 36.9 Å². The van der Waals surface area contributed by atoms with E-state index in [1.807, 2.05) is 35.2 Å². The van der Waals surface area contributed by atoms with Gasteiger partial charge in [-0.05, 0) is 36.6 Å². The number of hydrogen-bond acceptors (Lipinski definition) is 3. The fraction of sp³-hybridized carbons (Fsp3) is 0.300. The second-order valence-corrected chi connectivity index (χ2v) is 6.08. The molecule has 2 aromatic rings. The SMILES string of the molecule is COc1cccc(C(=O)N[C@H](C(=O)N2CCCC2)c2ccccc2)c1. The van der Waals surface area contributed by atoms with Crippen molar-refractivity contribution in [1.29, 1.82) is 0 Å². The van der Waals surface area contributed by atoms with Crippen molar-refractivity contribution in [1.82, 2.24) is 10.2 Å². The van der Waals surface area contributed by atoms with Gasteiger partial charge in [0.15, 0.2) is 0 Å². The summed E-state index contributed by atoms with van der Waals surface area (Å²) in [7, 11) is 1.56. The monoisotopic (exact) mass is 338 g/mol. The Bertz CT molecular complexity index is 740. The highest BCUT2D eigenvalue weighted by molar-refractivity contribution is 5.98. The molecule has 0 bridgehead atoms. The molecule has 5 heteroatoms. The number of hydrogen-bond donors (Lipinski definition) is 1. The lowest BCUT2D eigenvalue weighted by Crippen LogP contribution is -2.41. The minimum Gasteiger partial charge on any atom is -0.497 e. The van der Waals surface area contributed by atoms with E-state index in [1.165, 1.54) is 0 Å². The Balaban J connectivity index is 1.84. The minimum absolute atomic E-state index is 0.0556. The van der Waals surface area contributed by atoms with Crippen molar-refractivity contribution >= 4 is 11.8 Å². The highest BCUT2D eigenvalue weighted by Gasteiger charge is 2.29. The fourth-order valence-corrected chi connectivity index (χ4v) is 3.03. The molecule has 3 rings (SSSR count). The van der Waals surface area contributed by atoms with Crippen molar-refractivity contribution < 1.29 is 14.3 Å². The molecule has 0 aromatic heterocycles. The molecule has 1 atom stereocenters. The number of nitrogens with zero attached hydrogens (tertiary/aromatic N) is 1. The maximum atomic E-state index is 12.9. The molecule has 2 amide bonds. The Kier molecular flexibility index (Phi) is 5.33. The zero-order valence-electron chi connectivity index (χ0n) is 14.3. The van der Waals surface area contributed by atoms with Gasteiger partial charge in [-0.3, -0.25) is 9.59 Å². The normalized spacial score (nSPS) is 14.8. The quantitative estimate of drug-likeness (QED) is 0.912. The Morgan fingerprint density at radius 3 is 2.44 bits per heavy atom. The van der Waals surface area contributed by atoms with Crippen LogP contribution in [0.1, 0.15) is 34.8 Å². The molecule has 130 valence electrons. The van der Waals surface area contributed by atoms with Gasteiger partial charge in [0.2, 0.25) is 5.91 Å². The molecule has 25 heavy (non-hydrogen) atoms. The molecule has 0 saturated carbocycles. The largest absolute Gasteiger partial charge is 0.497 e. The standard InChI is InChI=1S/C20H22N2O3/c1-25-17-11-7-10-16(14-17)19(23)21-18(15-8-3-2-4-9-15)20(24)22-12-5-6-13-22/h2-4,7-11,14,18H,5-6,12-13H2,1H3,(H,21,23)/t18-/m0/s1. The summed E-state index contributed by atoms with van der Waals surface area (Å²) in [6.07, 6.45) is 2.02. The van der Waals surface area contributed by atoms with E-state index >= 15 is 0 Å². The van der Waals surface area contributed by atoms with Gasteiger partial charge in [-0.25, -0.2) is 0 Å². The molecule has 1 aliphatic heterocycles. The molecule has 1 N–H and O–H groups in total. The van der Waals surface area contributed by atoms with E-state index in [2.05, 4.69) is 5.32 Å². The van der Waals surface area contributed by atoms with Crippen molar-refractivity contribution in [3.05, 3.63) is 65.7 Å². The van der Waals surface area contributed by atoms with Gasteiger partial charge in [0.1, 0.15) is 11.8 Å². The summed E-state index contributed by atoms with van der Waals surface area (Å²) in [5.41, 5.74) is 1.25. The second-order valence-electron chi connectivity index (χ2n) is 6.08. The summed E-state index contributed by atoms with van der Waals surface area (Å²) in [6.45, 7) is 1.49. The predicted octanol–water partition coefficient (Wildman–Crippen LogP) is 2.79. The van der Waals surface area contributed by atoms with Gasteiger partial charge in [-0.15, -0.1) is 0 Å². The summed E-state index contributed by atoms with van der Waals surface area (Å²) in [5.74, 6) is 0.259. The van der Waals surface area contributed by atoms with Crippen molar-refractivity contribution in [3.63, 3.8) is 0 Å². The van der Waals surface area contributed by atoms with E-state index in [-0.39, 0.29) is 11.8 Å². The summed E-state index contributed by atoms with van der Waals surface area (Å²) >= 11 is 0. The van der Waals surface area contributed by atoms with E-state index in [0.29, 0.717) is 11.3 Å². The van der Waals surface area contributed by atoms with Gasteiger partial charge in [0.25, 0.3) is 5.91 Å². The van der Waals surface area contributed by atoms with Crippen LogP contribution in [0.2, 0.25) is 0 Å². The maximum Gasteiger partial charge on any atom is 0.252 e. The highest BCUT2D eigenvalue weighted by Crippen LogP contribution is 2.20. The van der Waals surface area contributed by atoms with Gasteiger partial charge in [0.05, 0.1) is 7.11 Å². The number of likely N-dealkylation sites (tertiary alicyclic amines) is 1. The minimum atomic E-state index is -0.682. The van der Waals surface area contributed by atoms with Crippen LogP contribution in [0, 0.1) is 0 Å². The molecule has 0 aliphatic carbocycles. The van der Waals surface area contributed by atoms with E-state index in [4.69, 9.17) is 4.74 Å². The molecular formula is C20H22N2O3. The number of amides is 2. The number of ether oxygens (including phenoxy) is 1. The summed E-state index contributed by atoms with van der Waals surface area (Å²) in [4.78, 5) is 27.4. The number of benzene rings is 2. The molecule has 1 heterocycles. The van der Waals surface area contributed by atoms with E-state index < -0.39 is 6.04 Å². The Labute approximate surface area is 147 Å². The predicted molar refractivity (Wildman–Crippen MR) is 95.5 cm³/mol. The molecule has 0 unspecified atom stereocenters. The number of nitrogens with one attached hydrogen (secondary N) is 1. The summed E-state index contributed by atoms with van der Waals surface area (Å²) < 4.78 is 5.17. The second kappa shape index (κ2) is 7.83. The lowest BCUT2D eigenvalue weighted by Gasteiger charge is -2.24. The highest BCUT2D eigenvalue weighted by atomic mass is 16.5. The number of carbonyl (C=O) groups is 2. The zero-order chi connectivity index (χ0) is 17.6. The lowest BCUT2D eigenvalue weighted by molar-refractivity contribution is -0.132. The van der Waals surface area contributed by atoms with Crippen LogP contribution in [0.5, 0.6) is 5.75 Å². The Morgan fingerprint density at radius 2 is 1.76 bits per heavy atom. The molecule has 0 radical (unpaired) electrons. The van der Waals surface area contributed by atoms with Gasteiger partial charge in [-0.2, -0.15) is 0 Å². The first-order chi connectivity index (χ1) is 12.2. The van der Waals surface area contributed by atoms with Gasteiger partial charge < -0.3 is 15.0 Å². The molecule has 0 spiro atoms. The Morgan fingerprint density at radius 1 is 1.04 bits per heavy atom. The van der Waals surface area contributed by atoms with Gasteiger partial charge >= 0.3 is 0 Å².